The monoisotopic (exact) mass is 488 g/mol. The topological polar surface area (TPSA) is 58.6 Å². The maximum atomic E-state index is 13.0. The number of nitrogens with zero attached hydrogens (tertiary/aromatic N) is 1. The van der Waals surface area contributed by atoms with Gasteiger partial charge < -0.3 is 10.1 Å². The zero-order chi connectivity index (χ0) is 19.5. The zero-order valence-electron chi connectivity index (χ0n) is 15.8. The van der Waals surface area contributed by atoms with E-state index in [-0.39, 0.29) is 18.5 Å². The molecule has 0 saturated carbocycles. The SMILES string of the molecule is CC1=C(SCC(C)C)C(=O)N(C(C)(C)C(=O)Nc2cccc(I)c2)CO1. The summed E-state index contributed by atoms with van der Waals surface area (Å²) in [4.78, 5) is 27.9. The molecular weight excluding hydrogens is 463 g/mol. The number of anilines is 1. The molecule has 1 aromatic rings. The first kappa shape index (κ1) is 21.1. The number of rotatable bonds is 6. The standard InChI is InChI=1S/C19H25IN2O3S/c1-12(2)10-26-16-13(3)25-11-22(17(16)23)19(4,5)18(24)21-15-8-6-7-14(20)9-15/h6-9,12H,10-11H2,1-5H3,(H,21,24). The molecule has 1 aliphatic rings. The van der Waals surface area contributed by atoms with Crippen LogP contribution in [0.4, 0.5) is 5.69 Å². The average Bonchev–Trinajstić information content (AvgIpc) is 2.54. The van der Waals surface area contributed by atoms with Gasteiger partial charge in [-0.3, -0.25) is 14.5 Å². The van der Waals surface area contributed by atoms with E-state index in [1.54, 1.807) is 20.8 Å². The lowest BCUT2D eigenvalue weighted by Crippen LogP contribution is -2.57. The molecule has 0 bridgehead atoms. The Hall–Kier alpha value is -1.22. The molecule has 2 rings (SSSR count). The molecule has 5 nitrogen and oxygen atoms in total. The van der Waals surface area contributed by atoms with Gasteiger partial charge in [-0.25, -0.2) is 0 Å². The van der Waals surface area contributed by atoms with E-state index in [0.717, 1.165) is 9.32 Å². The van der Waals surface area contributed by atoms with E-state index >= 15 is 0 Å². The molecule has 1 heterocycles. The van der Waals surface area contributed by atoms with Crippen molar-refractivity contribution in [1.29, 1.82) is 0 Å². The van der Waals surface area contributed by atoms with Crippen molar-refractivity contribution in [1.82, 2.24) is 4.90 Å². The second-order valence-electron chi connectivity index (χ2n) is 7.12. The van der Waals surface area contributed by atoms with Gasteiger partial charge in [-0.15, -0.1) is 11.8 Å². The average molecular weight is 488 g/mol. The molecule has 0 saturated heterocycles. The lowest BCUT2D eigenvalue weighted by Gasteiger charge is -2.40. The number of allylic oxidation sites excluding steroid dienone is 1. The van der Waals surface area contributed by atoms with Gasteiger partial charge in [0.2, 0.25) is 5.91 Å². The van der Waals surface area contributed by atoms with Gasteiger partial charge in [-0.2, -0.15) is 0 Å². The van der Waals surface area contributed by atoms with E-state index in [2.05, 4.69) is 41.8 Å². The fourth-order valence-corrected chi connectivity index (χ4v) is 3.90. The Morgan fingerprint density at radius 2 is 2.12 bits per heavy atom. The van der Waals surface area contributed by atoms with Crippen molar-refractivity contribution < 1.29 is 14.3 Å². The Morgan fingerprint density at radius 1 is 1.42 bits per heavy atom. The smallest absolute Gasteiger partial charge is 0.267 e. The van der Waals surface area contributed by atoms with Crippen molar-refractivity contribution in [2.45, 2.75) is 40.2 Å². The third kappa shape index (κ3) is 4.94. The van der Waals surface area contributed by atoms with Gasteiger partial charge in [0.25, 0.3) is 5.91 Å². The molecule has 1 aliphatic heterocycles. The summed E-state index contributed by atoms with van der Waals surface area (Å²) < 4.78 is 6.72. The number of hydrogen-bond acceptors (Lipinski definition) is 4. The molecule has 0 atom stereocenters. The van der Waals surface area contributed by atoms with E-state index in [4.69, 9.17) is 4.74 Å². The Kier molecular flexibility index (Phi) is 7.01. The first-order chi connectivity index (χ1) is 12.1. The molecule has 0 aromatic heterocycles. The van der Waals surface area contributed by atoms with Crippen LogP contribution in [0.25, 0.3) is 0 Å². The summed E-state index contributed by atoms with van der Waals surface area (Å²) in [7, 11) is 0. The molecule has 0 unspecified atom stereocenters. The third-order valence-electron chi connectivity index (χ3n) is 4.04. The predicted octanol–water partition coefficient (Wildman–Crippen LogP) is 4.45. The minimum atomic E-state index is -1.04. The second-order valence-corrected chi connectivity index (χ2v) is 9.40. The second kappa shape index (κ2) is 8.65. The van der Waals surface area contributed by atoms with Gasteiger partial charge in [0.05, 0.1) is 0 Å². The van der Waals surface area contributed by atoms with Crippen LogP contribution in [0.3, 0.4) is 0 Å². The maximum Gasteiger partial charge on any atom is 0.267 e. The summed E-state index contributed by atoms with van der Waals surface area (Å²) in [5, 5.41) is 2.90. The molecule has 0 fully saturated rings. The minimum absolute atomic E-state index is 0.0726. The molecule has 2 amide bonds. The number of carbonyl (C=O) groups is 2. The van der Waals surface area contributed by atoms with Crippen LogP contribution in [0, 0.1) is 9.49 Å². The van der Waals surface area contributed by atoms with Crippen molar-refractivity contribution in [2.24, 2.45) is 5.92 Å². The molecule has 7 heteroatoms. The van der Waals surface area contributed by atoms with Crippen LogP contribution >= 0.6 is 34.4 Å². The molecule has 0 radical (unpaired) electrons. The Labute approximate surface area is 173 Å². The normalized spacial score (nSPS) is 15.3. The van der Waals surface area contributed by atoms with Gasteiger partial charge in [-0.1, -0.05) is 19.9 Å². The molecule has 26 heavy (non-hydrogen) atoms. The van der Waals surface area contributed by atoms with E-state index in [9.17, 15) is 9.59 Å². The minimum Gasteiger partial charge on any atom is -0.476 e. The Balaban J connectivity index is 2.17. The highest BCUT2D eigenvalue weighted by Gasteiger charge is 2.42. The molecule has 0 spiro atoms. The lowest BCUT2D eigenvalue weighted by atomic mass is 10.0. The number of amides is 2. The van der Waals surface area contributed by atoms with Gasteiger partial charge in [0.1, 0.15) is 16.2 Å². The largest absolute Gasteiger partial charge is 0.476 e. The Morgan fingerprint density at radius 3 is 2.73 bits per heavy atom. The van der Waals surface area contributed by atoms with Crippen molar-refractivity contribution in [2.75, 3.05) is 17.8 Å². The van der Waals surface area contributed by atoms with Crippen LogP contribution in [0.5, 0.6) is 0 Å². The maximum absolute atomic E-state index is 13.0. The first-order valence-electron chi connectivity index (χ1n) is 8.48. The number of thioether (sulfide) groups is 1. The van der Waals surface area contributed by atoms with Crippen LogP contribution < -0.4 is 5.32 Å². The van der Waals surface area contributed by atoms with Crippen molar-refractivity contribution in [3.8, 4) is 0 Å². The summed E-state index contributed by atoms with van der Waals surface area (Å²) >= 11 is 3.68. The quantitative estimate of drug-likeness (QED) is 0.602. The van der Waals surface area contributed by atoms with Crippen molar-refractivity contribution >= 4 is 51.9 Å². The fraction of sp³-hybridized carbons (Fsp3) is 0.474. The summed E-state index contributed by atoms with van der Waals surface area (Å²) in [6.07, 6.45) is 0. The zero-order valence-corrected chi connectivity index (χ0v) is 18.7. The van der Waals surface area contributed by atoms with Gasteiger partial charge >= 0.3 is 0 Å². The highest BCUT2D eigenvalue weighted by Crippen LogP contribution is 2.32. The third-order valence-corrected chi connectivity index (χ3v) is 6.30. The summed E-state index contributed by atoms with van der Waals surface area (Å²) in [6.45, 7) is 9.56. The van der Waals surface area contributed by atoms with Gasteiger partial charge in [0, 0.05) is 15.0 Å². The van der Waals surface area contributed by atoms with Gasteiger partial charge in [0.15, 0.2) is 6.73 Å². The highest BCUT2D eigenvalue weighted by molar-refractivity contribution is 14.1. The molecule has 142 valence electrons. The predicted molar refractivity (Wildman–Crippen MR) is 115 cm³/mol. The molecular formula is C19H25IN2O3S. The molecule has 0 aliphatic carbocycles. The molecule has 1 aromatic carbocycles. The van der Waals surface area contributed by atoms with Crippen LogP contribution in [0.15, 0.2) is 34.9 Å². The summed E-state index contributed by atoms with van der Waals surface area (Å²) in [5.41, 5.74) is -0.329. The first-order valence-corrected chi connectivity index (χ1v) is 10.5. The van der Waals surface area contributed by atoms with E-state index in [0.29, 0.717) is 22.3 Å². The van der Waals surface area contributed by atoms with Gasteiger partial charge in [-0.05, 0) is 67.5 Å². The fourth-order valence-electron chi connectivity index (χ4n) is 2.36. The number of ether oxygens (including phenoxy) is 1. The lowest BCUT2D eigenvalue weighted by molar-refractivity contribution is -0.148. The van der Waals surface area contributed by atoms with Crippen molar-refractivity contribution in [3.63, 3.8) is 0 Å². The number of nitrogens with one attached hydrogen (secondary N) is 1. The van der Waals surface area contributed by atoms with Crippen LogP contribution in [-0.4, -0.2) is 34.7 Å². The Bertz CT molecular complexity index is 731. The van der Waals surface area contributed by atoms with Crippen LogP contribution in [0.1, 0.15) is 34.6 Å². The molecule has 1 N–H and O–H groups in total. The van der Waals surface area contributed by atoms with E-state index in [1.165, 1.54) is 16.7 Å². The van der Waals surface area contributed by atoms with Crippen LogP contribution in [0.2, 0.25) is 0 Å². The van der Waals surface area contributed by atoms with Crippen LogP contribution in [-0.2, 0) is 14.3 Å². The number of halogens is 1. The summed E-state index contributed by atoms with van der Waals surface area (Å²) in [5.74, 6) is 1.52. The van der Waals surface area contributed by atoms with Crippen molar-refractivity contribution in [3.05, 3.63) is 38.5 Å². The number of hydrogen-bond donors (Lipinski definition) is 1. The number of benzene rings is 1. The number of carbonyl (C=O) groups excluding carboxylic acids is 2. The van der Waals surface area contributed by atoms with E-state index < -0.39 is 5.54 Å². The van der Waals surface area contributed by atoms with E-state index in [1.807, 2.05) is 24.3 Å². The highest BCUT2D eigenvalue weighted by atomic mass is 127. The summed E-state index contributed by atoms with van der Waals surface area (Å²) in [6, 6.07) is 7.55.